The molecule has 21 heavy (non-hydrogen) atoms. The van der Waals surface area contributed by atoms with Crippen LogP contribution >= 0.6 is 0 Å². The number of halogens is 1. The van der Waals surface area contributed by atoms with Crippen molar-refractivity contribution in [3.8, 4) is 6.07 Å². The van der Waals surface area contributed by atoms with E-state index in [2.05, 4.69) is 10.2 Å². The van der Waals surface area contributed by atoms with E-state index in [0.717, 1.165) is 31.7 Å². The normalized spacial score (nSPS) is 22.1. The van der Waals surface area contributed by atoms with E-state index in [1.165, 1.54) is 31.7 Å². The summed E-state index contributed by atoms with van der Waals surface area (Å²) >= 11 is 0. The molecule has 3 nitrogen and oxygen atoms in total. The third-order valence-electron chi connectivity index (χ3n) is 4.84. The molecule has 0 unspecified atom stereocenters. The second kappa shape index (κ2) is 6.55. The maximum absolute atomic E-state index is 13.6. The van der Waals surface area contributed by atoms with Gasteiger partial charge in [0.05, 0.1) is 5.56 Å². The summed E-state index contributed by atoms with van der Waals surface area (Å²) in [5.74, 6) is 0.229. The van der Waals surface area contributed by atoms with Crippen LogP contribution in [0.1, 0.15) is 42.9 Å². The van der Waals surface area contributed by atoms with Gasteiger partial charge in [0.15, 0.2) is 0 Å². The molecule has 1 aromatic carbocycles. The first-order valence-corrected chi connectivity index (χ1v) is 7.94. The van der Waals surface area contributed by atoms with Crippen LogP contribution in [0.5, 0.6) is 0 Å². The highest BCUT2D eigenvalue weighted by Gasteiger charge is 2.32. The van der Waals surface area contributed by atoms with Crippen LogP contribution in [-0.2, 0) is 0 Å². The van der Waals surface area contributed by atoms with Gasteiger partial charge in [0.2, 0.25) is 0 Å². The molecule has 2 aliphatic rings. The SMILES string of the molecule is N#Cc1cc([C@@H](C2CCCC2)N2CCNCC2)ccc1F. The zero-order valence-electron chi connectivity index (χ0n) is 12.3. The standard InChI is InChI=1S/C17H22FN3/c18-16-6-5-14(11-15(16)12-19)17(13-3-1-2-4-13)21-9-7-20-8-10-21/h5-6,11,13,17,20H,1-4,7-10H2/t17-/m1/s1. The average Bonchev–Trinajstić information content (AvgIpc) is 3.04. The van der Waals surface area contributed by atoms with Crippen molar-refractivity contribution in [2.45, 2.75) is 31.7 Å². The van der Waals surface area contributed by atoms with Gasteiger partial charge in [-0.2, -0.15) is 5.26 Å². The summed E-state index contributed by atoms with van der Waals surface area (Å²) in [6, 6.07) is 7.41. The molecule has 1 aromatic rings. The van der Waals surface area contributed by atoms with Gasteiger partial charge in [-0.25, -0.2) is 4.39 Å². The van der Waals surface area contributed by atoms with Crippen LogP contribution in [0.3, 0.4) is 0 Å². The topological polar surface area (TPSA) is 39.1 Å². The number of hydrogen-bond donors (Lipinski definition) is 1. The molecule has 0 amide bonds. The predicted octanol–water partition coefficient (Wildman–Crippen LogP) is 2.83. The summed E-state index contributed by atoms with van der Waals surface area (Å²) in [5, 5.41) is 12.5. The summed E-state index contributed by atoms with van der Waals surface area (Å²) in [4.78, 5) is 2.51. The molecule has 0 bridgehead atoms. The molecule has 1 aliphatic carbocycles. The molecule has 1 atom stereocenters. The summed E-state index contributed by atoms with van der Waals surface area (Å²) in [6.07, 6.45) is 5.07. The van der Waals surface area contributed by atoms with Gasteiger partial charge in [-0.3, -0.25) is 4.90 Å². The lowest BCUT2D eigenvalue weighted by atomic mass is 9.89. The number of rotatable bonds is 3. The Hall–Kier alpha value is -1.44. The van der Waals surface area contributed by atoms with Crippen molar-refractivity contribution in [1.82, 2.24) is 10.2 Å². The first-order valence-electron chi connectivity index (χ1n) is 7.94. The van der Waals surface area contributed by atoms with Crippen LogP contribution in [0.4, 0.5) is 4.39 Å². The molecule has 1 saturated heterocycles. The summed E-state index contributed by atoms with van der Waals surface area (Å²) < 4.78 is 13.6. The molecule has 0 aromatic heterocycles. The first-order chi connectivity index (χ1) is 10.3. The van der Waals surface area contributed by atoms with Crippen molar-refractivity contribution >= 4 is 0 Å². The number of benzene rings is 1. The van der Waals surface area contributed by atoms with E-state index in [1.54, 1.807) is 6.07 Å². The van der Waals surface area contributed by atoms with Gasteiger partial charge < -0.3 is 5.32 Å². The maximum atomic E-state index is 13.6. The molecular weight excluding hydrogens is 265 g/mol. The van der Waals surface area contributed by atoms with E-state index in [4.69, 9.17) is 5.26 Å². The Morgan fingerprint density at radius 1 is 1.24 bits per heavy atom. The van der Waals surface area contributed by atoms with Crippen LogP contribution < -0.4 is 5.32 Å². The highest BCUT2D eigenvalue weighted by atomic mass is 19.1. The maximum Gasteiger partial charge on any atom is 0.140 e. The van der Waals surface area contributed by atoms with Gasteiger partial charge in [-0.15, -0.1) is 0 Å². The monoisotopic (exact) mass is 287 g/mol. The molecule has 0 radical (unpaired) electrons. The minimum absolute atomic E-state index is 0.172. The molecule has 0 spiro atoms. The van der Waals surface area contributed by atoms with Gasteiger partial charge >= 0.3 is 0 Å². The highest BCUT2D eigenvalue weighted by Crippen LogP contribution is 2.40. The van der Waals surface area contributed by atoms with Gasteiger partial charge in [-0.1, -0.05) is 18.9 Å². The van der Waals surface area contributed by atoms with Crippen LogP contribution in [0.15, 0.2) is 18.2 Å². The minimum atomic E-state index is -0.410. The molecule has 1 aliphatic heterocycles. The van der Waals surface area contributed by atoms with Crippen LogP contribution in [0, 0.1) is 23.1 Å². The smallest absolute Gasteiger partial charge is 0.140 e. The lowest BCUT2D eigenvalue weighted by molar-refractivity contribution is 0.125. The number of piperazine rings is 1. The number of nitriles is 1. The number of hydrogen-bond acceptors (Lipinski definition) is 3. The Labute approximate surface area is 125 Å². The van der Waals surface area contributed by atoms with Crippen molar-refractivity contribution < 1.29 is 4.39 Å². The van der Waals surface area contributed by atoms with E-state index in [-0.39, 0.29) is 5.56 Å². The summed E-state index contributed by atoms with van der Waals surface area (Å²) in [5.41, 5.74) is 1.28. The van der Waals surface area contributed by atoms with E-state index >= 15 is 0 Å². The Kier molecular flexibility index (Phi) is 4.52. The highest BCUT2D eigenvalue weighted by molar-refractivity contribution is 5.36. The van der Waals surface area contributed by atoms with Crippen molar-refractivity contribution in [3.05, 3.63) is 35.1 Å². The zero-order valence-corrected chi connectivity index (χ0v) is 12.3. The lowest BCUT2D eigenvalue weighted by Crippen LogP contribution is -2.46. The van der Waals surface area contributed by atoms with Gasteiger partial charge in [-0.05, 0) is 36.5 Å². The molecular formula is C17H22FN3. The Bertz CT molecular complexity index is 525. The minimum Gasteiger partial charge on any atom is -0.314 e. The van der Waals surface area contributed by atoms with E-state index in [9.17, 15) is 4.39 Å². The Morgan fingerprint density at radius 2 is 1.95 bits per heavy atom. The second-order valence-electron chi connectivity index (χ2n) is 6.13. The fraction of sp³-hybridized carbons (Fsp3) is 0.588. The molecule has 2 fully saturated rings. The fourth-order valence-corrected chi connectivity index (χ4v) is 3.83. The van der Waals surface area contributed by atoms with Gasteiger partial charge in [0.25, 0.3) is 0 Å². The summed E-state index contributed by atoms with van der Waals surface area (Å²) in [7, 11) is 0. The van der Waals surface area contributed by atoms with Crippen LogP contribution in [0.25, 0.3) is 0 Å². The number of nitrogens with one attached hydrogen (secondary N) is 1. The largest absolute Gasteiger partial charge is 0.314 e. The van der Waals surface area contributed by atoms with Crippen molar-refractivity contribution in [3.63, 3.8) is 0 Å². The second-order valence-corrected chi connectivity index (χ2v) is 6.13. The van der Waals surface area contributed by atoms with E-state index in [1.807, 2.05) is 12.1 Å². The third kappa shape index (κ3) is 3.09. The molecule has 1 N–H and O–H groups in total. The quantitative estimate of drug-likeness (QED) is 0.929. The van der Waals surface area contributed by atoms with E-state index in [0.29, 0.717) is 12.0 Å². The van der Waals surface area contributed by atoms with Crippen LogP contribution in [-0.4, -0.2) is 31.1 Å². The zero-order chi connectivity index (χ0) is 14.7. The fourth-order valence-electron chi connectivity index (χ4n) is 3.83. The third-order valence-corrected chi connectivity index (χ3v) is 4.84. The summed E-state index contributed by atoms with van der Waals surface area (Å²) in [6.45, 7) is 4.08. The molecule has 3 rings (SSSR count). The van der Waals surface area contributed by atoms with Crippen molar-refractivity contribution in [2.75, 3.05) is 26.2 Å². The molecule has 1 heterocycles. The first kappa shape index (κ1) is 14.5. The molecule has 4 heteroatoms. The van der Waals surface area contributed by atoms with Crippen molar-refractivity contribution in [2.24, 2.45) is 5.92 Å². The van der Waals surface area contributed by atoms with Crippen LogP contribution in [0.2, 0.25) is 0 Å². The Balaban J connectivity index is 1.92. The molecule has 112 valence electrons. The molecule has 1 saturated carbocycles. The Morgan fingerprint density at radius 3 is 2.62 bits per heavy atom. The van der Waals surface area contributed by atoms with Crippen molar-refractivity contribution in [1.29, 1.82) is 5.26 Å². The van der Waals surface area contributed by atoms with Gasteiger partial charge in [0.1, 0.15) is 11.9 Å². The van der Waals surface area contributed by atoms with Gasteiger partial charge in [0, 0.05) is 32.2 Å². The average molecular weight is 287 g/mol. The van der Waals surface area contributed by atoms with E-state index < -0.39 is 5.82 Å². The lowest BCUT2D eigenvalue weighted by Gasteiger charge is -2.38. The number of nitrogens with zero attached hydrogens (tertiary/aromatic N) is 2. The predicted molar refractivity (Wildman–Crippen MR) is 80.3 cm³/mol.